The predicted molar refractivity (Wildman–Crippen MR) is 117 cm³/mol. The number of aryl methyl sites for hydroxylation is 1. The molecule has 3 aliphatic rings. The van der Waals surface area contributed by atoms with Gasteiger partial charge in [0.15, 0.2) is 4.34 Å². The van der Waals surface area contributed by atoms with Gasteiger partial charge in [0, 0.05) is 17.3 Å². The lowest BCUT2D eigenvalue weighted by Gasteiger charge is -2.21. The molecule has 162 valence electrons. The number of carbonyl (C=O) groups excluding carboxylic acids is 1. The van der Waals surface area contributed by atoms with E-state index >= 15 is 0 Å². The van der Waals surface area contributed by atoms with Crippen LogP contribution in [-0.2, 0) is 40.6 Å². The third-order valence-electron chi connectivity index (χ3n) is 6.42. The molecule has 0 unspecified atom stereocenters. The fourth-order valence-corrected chi connectivity index (χ4v) is 6.93. The van der Waals surface area contributed by atoms with Crippen molar-refractivity contribution < 1.29 is 14.1 Å². The first-order chi connectivity index (χ1) is 14.1. The number of pyridine rings is 1. The molecule has 2 aromatic heterocycles. The highest BCUT2D eigenvalue weighted by Crippen LogP contribution is 2.58. The van der Waals surface area contributed by atoms with E-state index < -0.39 is 21.9 Å². The van der Waals surface area contributed by atoms with E-state index in [0.717, 1.165) is 71.6 Å². The van der Waals surface area contributed by atoms with Crippen LogP contribution in [0.3, 0.4) is 0 Å². The van der Waals surface area contributed by atoms with E-state index in [4.69, 9.17) is 10.1 Å². The molecule has 2 aromatic rings. The van der Waals surface area contributed by atoms with Crippen LogP contribution in [0.1, 0.15) is 66.9 Å². The Hall–Kier alpha value is -1.88. The average molecular weight is 450 g/mol. The Bertz CT molecular complexity index is 1100. The minimum Gasteiger partial charge on any atom is -0.385 e. The lowest BCUT2D eigenvalue weighted by atomic mass is 10.0. The molecule has 0 radical (unpaired) electrons. The van der Waals surface area contributed by atoms with Crippen molar-refractivity contribution in [1.29, 1.82) is 0 Å². The number of urea groups is 1. The molecule has 30 heavy (non-hydrogen) atoms. The molecule has 10 heteroatoms. The number of carbonyl (C=O) groups is 1. The van der Waals surface area contributed by atoms with E-state index in [1.165, 1.54) is 19.0 Å². The zero-order chi connectivity index (χ0) is 21.3. The smallest absolute Gasteiger partial charge is 0.330 e. The van der Waals surface area contributed by atoms with Crippen LogP contribution in [0.4, 0.5) is 10.5 Å². The molecular formula is C20H27N5O3S2. The number of nitrogens with one attached hydrogen (secondary N) is 2. The van der Waals surface area contributed by atoms with Gasteiger partial charge in [-0.15, -0.1) is 11.3 Å². The third-order valence-corrected chi connectivity index (χ3v) is 9.84. The van der Waals surface area contributed by atoms with Gasteiger partial charge in [0.25, 0.3) is 0 Å². The van der Waals surface area contributed by atoms with Gasteiger partial charge in [0.2, 0.25) is 0 Å². The minimum absolute atomic E-state index is 0.108. The minimum atomic E-state index is -3.72. The Morgan fingerprint density at radius 2 is 2.03 bits per heavy atom. The lowest BCUT2D eigenvalue weighted by molar-refractivity contribution is 0.0823. The van der Waals surface area contributed by atoms with Crippen molar-refractivity contribution in [1.82, 2.24) is 14.7 Å². The zero-order valence-corrected chi connectivity index (χ0v) is 18.8. The lowest BCUT2D eigenvalue weighted by Crippen LogP contribution is -2.45. The van der Waals surface area contributed by atoms with Crippen LogP contribution < -0.4 is 15.2 Å². The molecule has 0 aliphatic heterocycles. The second-order valence-corrected chi connectivity index (χ2v) is 12.5. The largest absolute Gasteiger partial charge is 0.385 e. The molecule has 3 aliphatic carbocycles. The summed E-state index contributed by atoms with van der Waals surface area (Å²) in [6.07, 6.45) is 8.63. The van der Waals surface area contributed by atoms with E-state index in [2.05, 4.69) is 15.0 Å². The average Bonchev–Trinajstić information content (AvgIpc) is 3.05. The first kappa shape index (κ1) is 20.0. The van der Waals surface area contributed by atoms with Gasteiger partial charge >= 0.3 is 6.03 Å². The molecule has 0 atom stereocenters. The van der Waals surface area contributed by atoms with Crippen molar-refractivity contribution in [3.05, 3.63) is 33.6 Å². The third kappa shape index (κ3) is 3.26. The second-order valence-electron chi connectivity index (χ2n) is 9.16. The van der Waals surface area contributed by atoms with Crippen LogP contribution in [0, 0.1) is 0 Å². The van der Waals surface area contributed by atoms with Crippen LogP contribution in [-0.4, -0.2) is 25.3 Å². The molecule has 1 spiro atoms. The number of amides is 2. The number of thiazole rings is 1. The molecule has 1 fully saturated rings. The highest BCUT2D eigenvalue weighted by molar-refractivity contribution is 8.01. The summed E-state index contributed by atoms with van der Waals surface area (Å²) in [6.45, 7) is 3.23. The summed E-state index contributed by atoms with van der Waals surface area (Å²) < 4.78 is 15.5. The Morgan fingerprint density at radius 1 is 1.27 bits per heavy atom. The SMILES string of the molecule is CC(C)(O)c1cnc([SH](N)(=O)NC(=O)Nc2c3c(nc4c2CCC42CC2)CCC3)s1. The topological polar surface area (TPSA) is 130 Å². The molecule has 5 N–H and O–H groups in total. The quantitative estimate of drug-likeness (QED) is 0.457. The maximum absolute atomic E-state index is 13.0. The predicted octanol–water partition coefficient (Wildman–Crippen LogP) is 2.22. The maximum Gasteiger partial charge on any atom is 0.330 e. The summed E-state index contributed by atoms with van der Waals surface area (Å²) in [4.78, 5) is 22.4. The normalized spacial score (nSPS) is 19.5. The molecule has 8 nitrogen and oxygen atoms in total. The van der Waals surface area contributed by atoms with Gasteiger partial charge in [-0.25, -0.2) is 14.0 Å². The van der Waals surface area contributed by atoms with Crippen molar-refractivity contribution in [3.63, 3.8) is 0 Å². The van der Waals surface area contributed by atoms with Crippen LogP contribution >= 0.6 is 11.3 Å². The summed E-state index contributed by atoms with van der Waals surface area (Å²) >= 11 is 1.04. The van der Waals surface area contributed by atoms with E-state index in [1.54, 1.807) is 13.8 Å². The summed E-state index contributed by atoms with van der Waals surface area (Å²) in [7, 11) is -3.72. The fourth-order valence-electron chi connectivity index (χ4n) is 4.62. The standard InChI is InChI=1S/C20H27N5O3S2/c1-19(2,27)14-10-22-18(29-14)30(21,28)25-17(26)24-15-11-4-3-5-13(11)23-16-12(15)6-7-20(16)8-9-20/h10,27,30H,3-9H2,1-2H3,(H4,21,23,24,25,26,28). The van der Waals surface area contributed by atoms with Crippen molar-refractivity contribution >= 4 is 33.4 Å². The highest BCUT2D eigenvalue weighted by Gasteiger charge is 2.51. The number of hydrogen-bond acceptors (Lipinski definition) is 6. The van der Waals surface area contributed by atoms with Gasteiger partial charge in [-0.2, -0.15) is 0 Å². The molecule has 0 saturated heterocycles. The molecule has 2 amide bonds. The summed E-state index contributed by atoms with van der Waals surface area (Å²) in [5.41, 5.74) is 4.42. The van der Waals surface area contributed by atoms with E-state index in [1.807, 2.05) is 0 Å². The van der Waals surface area contributed by atoms with Gasteiger partial charge in [-0.05, 0) is 69.9 Å². The number of aliphatic hydroxyl groups is 1. The van der Waals surface area contributed by atoms with Crippen LogP contribution in [0.25, 0.3) is 0 Å². The van der Waals surface area contributed by atoms with Crippen molar-refractivity contribution in [2.75, 3.05) is 5.32 Å². The zero-order valence-electron chi connectivity index (χ0n) is 17.1. The van der Waals surface area contributed by atoms with Crippen LogP contribution in [0.15, 0.2) is 10.5 Å². The molecular weight excluding hydrogens is 422 g/mol. The van der Waals surface area contributed by atoms with Crippen molar-refractivity contribution in [2.45, 2.75) is 74.1 Å². The Balaban J connectivity index is 1.40. The van der Waals surface area contributed by atoms with Gasteiger partial charge in [-0.1, -0.05) is 0 Å². The number of thiol groups is 1. The number of nitrogens with two attached hydrogens (primary N) is 1. The second kappa shape index (κ2) is 6.56. The van der Waals surface area contributed by atoms with E-state index in [0.29, 0.717) is 4.88 Å². The van der Waals surface area contributed by atoms with Gasteiger partial charge < -0.3 is 10.4 Å². The number of aromatic nitrogens is 2. The van der Waals surface area contributed by atoms with Gasteiger partial charge in [-0.3, -0.25) is 14.8 Å². The summed E-state index contributed by atoms with van der Waals surface area (Å²) in [5.74, 6) is 0. The van der Waals surface area contributed by atoms with Gasteiger partial charge in [0.1, 0.15) is 0 Å². The number of fused-ring (bicyclic) bond motifs is 3. The Labute approximate surface area is 180 Å². The molecule has 5 rings (SSSR count). The number of rotatable bonds is 4. The Morgan fingerprint density at radius 3 is 2.70 bits per heavy atom. The Kier molecular flexibility index (Phi) is 4.38. The van der Waals surface area contributed by atoms with E-state index in [-0.39, 0.29) is 9.75 Å². The monoisotopic (exact) mass is 449 g/mol. The number of hydrogen-bond donors (Lipinski definition) is 5. The maximum atomic E-state index is 13.0. The fraction of sp³-hybridized carbons (Fsp3) is 0.550. The number of anilines is 1. The highest BCUT2D eigenvalue weighted by atomic mass is 32.3. The van der Waals surface area contributed by atoms with Crippen LogP contribution in [0.5, 0.6) is 0 Å². The summed E-state index contributed by atoms with van der Waals surface area (Å²) in [5, 5.41) is 19.0. The van der Waals surface area contributed by atoms with Crippen molar-refractivity contribution in [2.24, 2.45) is 5.14 Å². The first-order valence-corrected chi connectivity index (χ1v) is 12.9. The molecule has 1 saturated carbocycles. The van der Waals surface area contributed by atoms with Gasteiger partial charge in [0.05, 0.1) is 32.2 Å². The summed E-state index contributed by atoms with van der Waals surface area (Å²) in [6, 6.07) is -0.597. The molecule has 0 aromatic carbocycles. The molecule has 0 bridgehead atoms. The first-order valence-electron chi connectivity index (χ1n) is 10.3. The van der Waals surface area contributed by atoms with Crippen LogP contribution in [0.2, 0.25) is 0 Å². The van der Waals surface area contributed by atoms with Crippen molar-refractivity contribution in [3.8, 4) is 0 Å². The molecule has 2 heterocycles. The number of nitrogens with zero attached hydrogens (tertiary/aromatic N) is 2. The van der Waals surface area contributed by atoms with E-state index in [9.17, 15) is 14.1 Å².